The first-order chi connectivity index (χ1) is 13.7. The molecule has 0 radical (unpaired) electrons. The van der Waals surface area contributed by atoms with E-state index in [9.17, 15) is 15.2 Å². The Balaban J connectivity index is 1.39. The van der Waals surface area contributed by atoms with Crippen LogP contribution in [0.15, 0.2) is 24.3 Å². The zero-order valence-electron chi connectivity index (χ0n) is 17.7. The van der Waals surface area contributed by atoms with Gasteiger partial charge in [0.05, 0.1) is 23.7 Å². The molecule has 1 aromatic carbocycles. The summed E-state index contributed by atoms with van der Waals surface area (Å²) in [5, 5.41) is 21.3. The number of rotatable bonds is 6. The topological polar surface area (TPSA) is 81.8 Å². The van der Waals surface area contributed by atoms with Gasteiger partial charge in [-0.1, -0.05) is 20.8 Å². The summed E-state index contributed by atoms with van der Waals surface area (Å²) in [6.45, 7) is 7.95. The molecule has 3 saturated carbocycles. The first-order valence-electron chi connectivity index (χ1n) is 10.8. The maximum Gasteiger partial charge on any atom is 0.269 e. The van der Waals surface area contributed by atoms with Gasteiger partial charge in [0.25, 0.3) is 5.69 Å². The number of hydrogen-bond acceptors (Lipinski definition) is 5. The Morgan fingerprint density at radius 3 is 2.55 bits per heavy atom. The van der Waals surface area contributed by atoms with Crippen molar-refractivity contribution in [2.45, 2.75) is 71.5 Å². The molecule has 0 amide bonds. The summed E-state index contributed by atoms with van der Waals surface area (Å²) in [4.78, 5) is 10.3. The molecule has 1 spiro atoms. The third-order valence-corrected chi connectivity index (χ3v) is 8.13. The number of ether oxygens (including phenoxy) is 2. The third-order valence-electron chi connectivity index (χ3n) is 8.13. The molecule has 0 heterocycles. The van der Waals surface area contributed by atoms with E-state index in [2.05, 4.69) is 20.8 Å². The van der Waals surface area contributed by atoms with Crippen LogP contribution in [0.2, 0.25) is 0 Å². The molecular weight excluding hydrogens is 370 g/mol. The molecule has 3 aliphatic carbocycles. The molecule has 3 aliphatic rings. The normalized spacial score (nSPS) is 37.7. The molecular formula is C23H33NO5. The number of hydrogen-bond donors (Lipinski definition) is 1. The van der Waals surface area contributed by atoms with Gasteiger partial charge in [-0.15, -0.1) is 0 Å². The van der Waals surface area contributed by atoms with Crippen molar-refractivity contribution in [1.82, 2.24) is 0 Å². The van der Waals surface area contributed by atoms with Crippen LogP contribution in [-0.2, 0) is 4.74 Å². The predicted molar refractivity (Wildman–Crippen MR) is 110 cm³/mol. The molecule has 29 heavy (non-hydrogen) atoms. The molecule has 0 aliphatic heterocycles. The number of aliphatic hydroxyl groups is 1. The zero-order valence-corrected chi connectivity index (χ0v) is 17.7. The Bertz CT molecular complexity index is 763. The van der Waals surface area contributed by atoms with Crippen molar-refractivity contribution in [3.05, 3.63) is 34.4 Å². The van der Waals surface area contributed by atoms with Crippen LogP contribution in [-0.4, -0.2) is 35.5 Å². The van der Waals surface area contributed by atoms with E-state index in [1.807, 2.05) is 0 Å². The minimum absolute atomic E-state index is 0.0199. The van der Waals surface area contributed by atoms with E-state index in [1.54, 1.807) is 12.1 Å². The van der Waals surface area contributed by atoms with Crippen LogP contribution >= 0.6 is 0 Å². The van der Waals surface area contributed by atoms with Crippen molar-refractivity contribution in [3.8, 4) is 5.75 Å². The molecule has 6 heteroatoms. The van der Waals surface area contributed by atoms with E-state index in [4.69, 9.17) is 9.47 Å². The molecule has 160 valence electrons. The standard InChI is InChI=1S/C23H33NO5/c1-21(2)14-20(23-11-9-19(25)22(3,15-23)10-8-18(21)23)29-13-12-28-17-6-4-16(5-7-17)24(26)27/h4-7,18-20,25H,8-15H2,1-3H3/t18-,19+,20-,22+,23-/m0/s1. The molecule has 0 unspecified atom stereocenters. The van der Waals surface area contributed by atoms with Crippen LogP contribution in [0.25, 0.3) is 0 Å². The fourth-order valence-corrected chi connectivity index (χ4v) is 6.76. The Labute approximate surface area is 172 Å². The number of nitrogens with zero attached hydrogens (tertiary/aromatic N) is 1. The molecule has 1 aromatic rings. The second-order valence-corrected chi connectivity index (χ2v) is 10.4. The average molecular weight is 404 g/mol. The molecule has 6 nitrogen and oxygen atoms in total. The second kappa shape index (κ2) is 7.24. The van der Waals surface area contributed by atoms with Gasteiger partial charge in [0.1, 0.15) is 12.4 Å². The number of benzene rings is 1. The lowest BCUT2D eigenvalue weighted by Crippen LogP contribution is -2.54. The van der Waals surface area contributed by atoms with Crippen molar-refractivity contribution in [2.75, 3.05) is 13.2 Å². The van der Waals surface area contributed by atoms with Gasteiger partial charge < -0.3 is 14.6 Å². The lowest BCUT2D eigenvalue weighted by atomic mass is 9.49. The average Bonchev–Trinajstić information content (AvgIpc) is 2.88. The van der Waals surface area contributed by atoms with Crippen molar-refractivity contribution >= 4 is 5.69 Å². The fourth-order valence-electron chi connectivity index (χ4n) is 6.76. The van der Waals surface area contributed by atoms with Gasteiger partial charge in [0.15, 0.2) is 0 Å². The number of fused-ring (bicyclic) bond motifs is 1. The Hall–Kier alpha value is -1.66. The van der Waals surface area contributed by atoms with E-state index in [0.717, 1.165) is 32.1 Å². The summed E-state index contributed by atoms with van der Waals surface area (Å²) in [7, 11) is 0. The van der Waals surface area contributed by atoms with Gasteiger partial charge in [-0.25, -0.2) is 0 Å². The largest absolute Gasteiger partial charge is 0.491 e. The quantitative estimate of drug-likeness (QED) is 0.422. The maximum atomic E-state index is 10.7. The van der Waals surface area contributed by atoms with Gasteiger partial charge >= 0.3 is 0 Å². The van der Waals surface area contributed by atoms with Crippen LogP contribution in [0.3, 0.4) is 0 Å². The highest BCUT2D eigenvalue weighted by atomic mass is 16.6. The van der Waals surface area contributed by atoms with Gasteiger partial charge in [-0.2, -0.15) is 0 Å². The fraction of sp³-hybridized carbons (Fsp3) is 0.739. The molecule has 5 atom stereocenters. The highest BCUT2D eigenvalue weighted by Gasteiger charge is 2.65. The number of nitro benzene ring substituents is 1. The number of aliphatic hydroxyl groups excluding tert-OH is 1. The van der Waals surface area contributed by atoms with Gasteiger partial charge in [-0.05, 0) is 67.4 Å². The summed E-state index contributed by atoms with van der Waals surface area (Å²) < 4.78 is 12.2. The maximum absolute atomic E-state index is 10.7. The van der Waals surface area contributed by atoms with E-state index >= 15 is 0 Å². The molecule has 3 fully saturated rings. The highest BCUT2D eigenvalue weighted by Crippen LogP contribution is 2.69. The van der Waals surface area contributed by atoms with Gasteiger partial charge in [0, 0.05) is 17.5 Å². The Morgan fingerprint density at radius 2 is 1.86 bits per heavy atom. The summed E-state index contributed by atoms with van der Waals surface area (Å²) in [5.74, 6) is 1.27. The molecule has 2 bridgehead atoms. The van der Waals surface area contributed by atoms with E-state index in [-0.39, 0.29) is 34.1 Å². The van der Waals surface area contributed by atoms with Gasteiger partial charge in [0.2, 0.25) is 0 Å². The molecule has 1 N–H and O–H groups in total. The van der Waals surface area contributed by atoms with E-state index < -0.39 is 4.92 Å². The summed E-state index contributed by atoms with van der Waals surface area (Å²) >= 11 is 0. The Kier molecular flexibility index (Phi) is 5.14. The van der Waals surface area contributed by atoms with Crippen LogP contribution < -0.4 is 4.74 Å². The first kappa shape index (κ1) is 20.6. The molecule has 0 aromatic heterocycles. The predicted octanol–water partition coefficient (Wildman–Crippen LogP) is 4.74. The summed E-state index contributed by atoms with van der Waals surface area (Å²) in [6, 6.07) is 6.16. The van der Waals surface area contributed by atoms with E-state index in [1.165, 1.54) is 18.6 Å². The summed E-state index contributed by atoms with van der Waals surface area (Å²) in [5.41, 5.74) is 0.509. The monoisotopic (exact) mass is 403 g/mol. The zero-order chi connectivity index (χ0) is 20.9. The number of non-ortho nitro benzene ring substituents is 1. The summed E-state index contributed by atoms with van der Waals surface area (Å²) in [6.07, 6.45) is 6.34. The van der Waals surface area contributed by atoms with Crippen molar-refractivity contribution in [2.24, 2.45) is 22.2 Å². The van der Waals surface area contributed by atoms with Crippen molar-refractivity contribution in [1.29, 1.82) is 0 Å². The smallest absolute Gasteiger partial charge is 0.269 e. The van der Waals surface area contributed by atoms with E-state index in [0.29, 0.717) is 24.9 Å². The molecule has 0 saturated heterocycles. The van der Waals surface area contributed by atoms with Gasteiger partial charge in [-0.3, -0.25) is 10.1 Å². The van der Waals surface area contributed by atoms with Crippen LogP contribution in [0, 0.1) is 32.3 Å². The third kappa shape index (κ3) is 3.55. The second-order valence-electron chi connectivity index (χ2n) is 10.4. The Morgan fingerprint density at radius 1 is 1.14 bits per heavy atom. The first-order valence-corrected chi connectivity index (χ1v) is 10.8. The SMILES string of the molecule is CC1(C)C[C@H](OCCOc2ccc([N+](=O)[O-])cc2)[C@]23CC[C@@H](O)[C@](C)(CC[C@@H]12)C3. The van der Waals surface area contributed by atoms with Crippen molar-refractivity contribution < 1.29 is 19.5 Å². The molecule has 4 rings (SSSR count). The van der Waals surface area contributed by atoms with Crippen molar-refractivity contribution in [3.63, 3.8) is 0 Å². The minimum Gasteiger partial charge on any atom is -0.491 e. The van der Waals surface area contributed by atoms with Crippen LogP contribution in [0.4, 0.5) is 5.69 Å². The van der Waals surface area contributed by atoms with Crippen LogP contribution in [0.1, 0.15) is 59.3 Å². The minimum atomic E-state index is -0.413. The lowest BCUT2D eigenvalue weighted by Gasteiger charge is -2.58. The number of nitro groups is 1. The highest BCUT2D eigenvalue weighted by molar-refractivity contribution is 5.35. The lowest BCUT2D eigenvalue weighted by molar-refractivity contribution is -0.384. The van der Waals surface area contributed by atoms with Crippen LogP contribution in [0.5, 0.6) is 5.75 Å².